The Labute approximate surface area is 290 Å². The summed E-state index contributed by atoms with van der Waals surface area (Å²) >= 11 is 0. The molecule has 0 aliphatic carbocycles. The fraction of sp³-hybridized carbons (Fsp3) is 0.651. The number of hydrogen-bond donors (Lipinski definition) is 0. The molecule has 0 amide bonds. The lowest BCUT2D eigenvalue weighted by Crippen LogP contribution is -2.22. The van der Waals surface area contributed by atoms with E-state index in [1.54, 1.807) is 0 Å². The van der Waals surface area contributed by atoms with Crippen LogP contribution in [0.1, 0.15) is 168 Å². The molecule has 267 valence electrons. The second-order valence-corrected chi connectivity index (χ2v) is 12.4. The summed E-state index contributed by atoms with van der Waals surface area (Å²) in [7, 11) is 0. The smallest absolute Gasteiger partial charge is 0.306 e. The Bertz CT molecular complexity index is 876. The summed E-state index contributed by atoms with van der Waals surface area (Å²) < 4.78 is 10.5. The Morgan fingerprint density at radius 2 is 0.872 bits per heavy atom. The first-order valence-electron chi connectivity index (χ1n) is 19.2. The van der Waals surface area contributed by atoms with Crippen molar-refractivity contribution in [2.24, 2.45) is 0 Å². The minimum absolute atomic E-state index is 0.0171. The average molecular weight is 652 g/mol. The highest BCUT2D eigenvalue weighted by Gasteiger charge is 2.12. The molecule has 0 rings (SSSR count). The normalized spacial score (nSPS) is 13.0. The van der Waals surface area contributed by atoms with Crippen molar-refractivity contribution in [1.82, 2.24) is 0 Å². The van der Waals surface area contributed by atoms with Crippen LogP contribution in [0.2, 0.25) is 0 Å². The van der Waals surface area contributed by atoms with Crippen LogP contribution in [-0.4, -0.2) is 24.6 Å². The Hall–Kier alpha value is -2.62. The van der Waals surface area contributed by atoms with Gasteiger partial charge >= 0.3 is 11.9 Å². The third-order valence-corrected chi connectivity index (χ3v) is 7.82. The molecule has 0 aliphatic heterocycles. The molecule has 0 unspecified atom stereocenters. The third-order valence-electron chi connectivity index (χ3n) is 7.82. The van der Waals surface area contributed by atoms with Crippen molar-refractivity contribution in [2.45, 2.75) is 174 Å². The van der Waals surface area contributed by atoms with E-state index in [0.717, 1.165) is 51.4 Å². The number of ether oxygens (including phenoxy) is 2. The summed E-state index contributed by atoms with van der Waals surface area (Å²) in [6.45, 7) is 8.24. The molecule has 0 N–H and O–H groups in total. The molecule has 0 aromatic rings. The molecule has 0 aliphatic rings. The van der Waals surface area contributed by atoms with Crippen LogP contribution in [-0.2, 0) is 19.1 Å². The zero-order valence-corrected chi connectivity index (χ0v) is 30.5. The van der Waals surface area contributed by atoms with Crippen LogP contribution in [0.15, 0.2) is 72.9 Å². The van der Waals surface area contributed by atoms with Gasteiger partial charge in [0.2, 0.25) is 0 Å². The maximum absolute atomic E-state index is 12.0. The second kappa shape index (κ2) is 37.8. The van der Waals surface area contributed by atoms with Crippen LogP contribution in [0.3, 0.4) is 0 Å². The highest BCUT2D eigenvalue weighted by molar-refractivity contribution is 5.70. The van der Waals surface area contributed by atoms with E-state index < -0.39 is 6.10 Å². The van der Waals surface area contributed by atoms with Gasteiger partial charge in [-0.05, 0) is 58.3 Å². The van der Waals surface area contributed by atoms with Crippen LogP contribution in [0.4, 0.5) is 0 Å². The zero-order valence-electron chi connectivity index (χ0n) is 30.5. The number of carbonyl (C=O) groups excluding carboxylic acids is 2. The molecular weight excluding hydrogens is 580 g/mol. The van der Waals surface area contributed by atoms with Crippen molar-refractivity contribution < 1.29 is 19.1 Å². The van der Waals surface area contributed by atoms with Crippen LogP contribution >= 0.6 is 0 Å². The molecule has 0 aromatic heterocycles. The highest BCUT2D eigenvalue weighted by Crippen LogP contribution is 2.14. The van der Waals surface area contributed by atoms with Crippen LogP contribution < -0.4 is 0 Å². The standard InChI is InChI=1S/C43H71O4/c1-4-6-8-10-12-14-16-18-20-21-22-23-25-27-29-31-33-35-37-39-43(45)47-41(3)40-46-42(44)38-36-34-32-30-28-26-24-19-17-15-13-11-9-7-5-2/h6,8,12,14,18,20,22-23,27,29,33,35,41H,3-5,7,9-11,13,15-17,19,21,24-26,28,30-32,34,36-40H2,1-2H3/b8-6-,14-12-,20-18-,23-22-,29-27-,35-33-/t41-/m1/s1. The molecule has 4 heteroatoms. The van der Waals surface area contributed by atoms with Gasteiger partial charge in [-0.2, -0.15) is 0 Å². The van der Waals surface area contributed by atoms with Crippen LogP contribution in [0.5, 0.6) is 0 Å². The van der Waals surface area contributed by atoms with Gasteiger partial charge in [0.05, 0.1) is 0 Å². The molecule has 1 atom stereocenters. The summed E-state index contributed by atoms with van der Waals surface area (Å²) in [5, 5.41) is 0. The lowest BCUT2D eigenvalue weighted by molar-refractivity contribution is -0.156. The van der Waals surface area contributed by atoms with Crippen molar-refractivity contribution in [3.63, 3.8) is 0 Å². The molecular formula is C43H71O4. The van der Waals surface area contributed by atoms with E-state index in [4.69, 9.17) is 9.47 Å². The van der Waals surface area contributed by atoms with Gasteiger partial charge in [0.1, 0.15) is 12.7 Å². The minimum Gasteiger partial charge on any atom is -0.462 e. The maximum Gasteiger partial charge on any atom is 0.306 e. The predicted molar refractivity (Wildman–Crippen MR) is 203 cm³/mol. The number of esters is 2. The fourth-order valence-corrected chi connectivity index (χ4v) is 5.02. The van der Waals surface area contributed by atoms with E-state index >= 15 is 0 Å². The van der Waals surface area contributed by atoms with Gasteiger partial charge < -0.3 is 9.47 Å². The third kappa shape index (κ3) is 37.7. The van der Waals surface area contributed by atoms with Gasteiger partial charge in [0, 0.05) is 12.8 Å². The summed E-state index contributed by atoms with van der Waals surface area (Å²) in [5.74, 6) is -0.551. The first-order valence-corrected chi connectivity index (χ1v) is 19.2. The Morgan fingerprint density at radius 3 is 1.30 bits per heavy atom. The summed E-state index contributed by atoms with van der Waals surface area (Å²) in [6, 6.07) is 0. The number of carbonyl (C=O) groups is 2. The summed E-state index contributed by atoms with van der Waals surface area (Å²) in [4.78, 5) is 24.1. The van der Waals surface area contributed by atoms with Gasteiger partial charge in [-0.3, -0.25) is 9.59 Å². The molecule has 1 radical (unpaired) electrons. The highest BCUT2D eigenvalue weighted by atomic mass is 16.6. The minimum atomic E-state index is -0.669. The van der Waals surface area contributed by atoms with E-state index in [0.29, 0.717) is 19.3 Å². The van der Waals surface area contributed by atoms with Crippen molar-refractivity contribution in [3.05, 3.63) is 79.8 Å². The monoisotopic (exact) mass is 652 g/mol. The molecule has 0 fully saturated rings. The zero-order chi connectivity index (χ0) is 34.3. The van der Waals surface area contributed by atoms with Crippen molar-refractivity contribution >= 4 is 11.9 Å². The van der Waals surface area contributed by atoms with E-state index in [2.05, 4.69) is 87.6 Å². The van der Waals surface area contributed by atoms with Crippen LogP contribution in [0.25, 0.3) is 0 Å². The van der Waals surface area contributed by atoms with E-state index in [1.165, 1.54) is 83.5 Å². The SMILES string of the molecule is [CH2][C@H](COC(=O)CCCCCCCCCCCCCCCCC)OC(=O)CC/C=C\C/C=C\C/C=C\C/C=C\C/C=C\C/C=C\CC. The first-order chi connectivity index (χ1) is 23.1. The van der Waals surface area contributed by atoms with Gasteiger partial charge in [0.25, 0.3) is 0 Å². The lowest BCUT2D eigenvalue weighted by Gasteiger charge is -2.13. The summed E-state index contributed by atoms with van der Waals surface area (Å²) in [6.07, 6.45) is 51.9. The summed E-state index contributed by atoms with van der Waals surface area (Å²) in [5.41, 5.74) is 0. The number of allylic oxidation sites excluding steroid dienone is 12. The van der Waals surface area contributed by atoms with Crippen LogP contribution in [0, 0.1) is 6.92 Å². The Morgan fingerprint density at radius 1 is 0.489 bits per heavy atom. The lowest BCUT2D eigenvalue weighted by atomic mass is 10.0. The molecule has 47 heavy (non-hydrogen) atoms. The van der Waals surface area contributed by atoms with Gasteiger partial charge in [-0.1, -0.05) is 177 Å². The van der Waals surface area contributed by atoms with Crippen molar-refractivity contribution in [1.29, 1.82) is 0 Å². The maximum atomic E-state index is 12.0. The van der Waals surface area contributed by atoms with Gasteiger partial charge in [0.15, 0.2) is 0 Å². The molecule has 0 heterocycles. The molecule has 4 nitrogen and oxygen atoms in total. The number of hydrogen-bond acceptors (Lipinski definition) is 4. The van der Waals surface area contributed by atoms with Crippen molar-refractivity contribution in [3.8, 4) is 0 Å². The fourth-order valence-electron chi connectivity index (χ4n) is 5.02. The van der Waals surface area contributed by atoms with E-state index in [-0.39, 0.29) is 18.5 Å². The van der Waals surface area contributed by atoms with Crippen molar-refractivity contribution in [2.75, 3.05) is 6.61 Å². The average Bonchev–Trinajstić information content (AvgIpc) is 3.06. The van der Waals surface area contributed by atoms with Gasteiger partial charge in [-0.15, -0.1) is 0 Å². The quantitative estimate of drug-likeness (QED) is 0.0402. The predicted octanol–water partition coefficient (Wildman–Crippen LogP) is 13.0. The molecule has 0 spiro atoms. The Balaban J connectivity index is 3.60. The molecule has 0 aromatic carbocycles. The first kappa shape index (κ1) is 44.4. The largest absolute Gasteiger partial charge is 0.462 e. The second-order valence-electron chi connectivity index (χ2n) is 12.4. The van der Waals surface area contributed by atoms with Gasteiger partial charge in [-0.25, -0.2) is 0 Å². The topological polar surface area (TPSA) is 52.6 Å². The van der Waals surface area contributed by atoms with E-state index in [9.17, 15) is 9.59 Å². The Kier molecular flexibility index (Phi) is 35.7. The van der Waals surface area contributed by atoms with E-state index in [1.807, 2.05) is 6.08 Å². The molecule has 0 saturated carbocycles. The molecule has 0 saturated heterocycles. The molecule has 0 bridgehead atoms. The number of unbranched alkanes of at least 4 members (excludes halogenated alkanes) is 14. The number of rotatable bonds is 33.